The highest BCUT2D eigenvalue weighted by molar-refractivity contribution is 4.73. The van der Waals surface area contributed by atoms with Crippen LogP contribution in [0, 0.1) is 0 Å². The molecule has 0 bridgehead atoms. The van der Waals surface area contributed by atoms with Crippen LogP contribution in [0.1, 0.15) is 0 Å². The zero-order valence-corrected chi connectivity index (χ0v) is 37.2. The summed E-state index contributed by atoms with van der Waals surface area (Å²) in [6.07, 6.45) is 0. The monoisotopic (exact) mass is 835 g/mol. The van der Waals surface area contributed by atoms with Crippen molar-refractivity contribution in [2.45, 2.75) is 0 Å². The van der Waals surface area contributed by atoms with Crippen LogP contribution in [0.2, 0.25) is 0 Å². The van der Waals surface area contributed by atoms with Crippen LogP contribution in [-0.2, 0) is 0 Å². The van der Waals surface area contributed by atoms with E-state index in [0.717, 1.165) is 196 Å². The van der Waals surface area contributed by atoms with Crippen molar-refractivity contribution in [3.8, 4) is 0 Å². The van der Waals surface area contributed by atoms with E-state index in [4.69, 9.17) is 45.9 Å². The van der Waals surface area contributed by atoms with Crippen molar-refractivity contribution in [3.05, 3.63) is 0 Å². The molecule has 0 fully saturated rings. The molecule has 20 heteroatoms. The summed E-state index contributed by atoms with van der Waals surface area (Å²) in [5.74, 6) is 0. The Morgan fingerprint density at radius 2 is 0.345 bits per heavy atom. The molecule has 0 aliphatic rings. The first-order valence-electron chi connectivity index (χ1n) is 22.7. The third kappa shape index (κ3) is 37.0. The third-order valence-electron chi connectivity index (χ3n) is 10.1. The first-order valence-corrected chi connectivity index (χ1v) is 22.7. The third-order valence-corrected chi connectivity index (χ3v) is 10.1. The molecule has 0 rings (SSSR count). The highest BCUT2D eigenvalue weighted by Crippen LogP contribution is 1.98. The van der Waals surface area contributed by atoms with Gasteiger partial charge in [-0.25, -0.2) is 0 Å². The number of hydrogen-bond donors (Lipinski definition) is 14. The minimum absolute atomic E-state index is 0.641. The van der Waals surface area contributed by atoms with Crippen LogP contribution in [0.3, 0.4) is 0 Å². The topological polar surface area (TPSA) is 300 Å². The predicted octanol–water partition coefficient (Wildman–Crippen LogP) is -7.99. The average molecular weight is 835 g/mol. The Hall–Kier alpha value is -0.800. The fraction of sp³-hybridized carbons (Fsp3) is 1.00. The van der Waals surface area contributed by atoms with Crippen LogP contribution in [0.25, 0.3) is 0 Å². The molecule has 350 valence electrons. The van der Waals surface area contributed by atoms with Gasteiger partial charge in [-0.1, -0.05) is 0 Å². The number of nitrogens with zero attached hydrogens (tertiary/aromatic N) is 6. The minimum atomic E-state index is 0.641. The van der Waals surface area contributed by atoms with Crippen molar-refractivity contribution in [3.63, 3.8) is 0 Å². The number of hydrogen-bond acceptors (Lipinski definition) is 20. The van der Waals surface area contributed by atoms with E-state index in [9.17, 15) is 0 Å². The van der Waals surface area contributed by atoms with Crippen molar-refractivity contribution in [2.24, 2.45) is 45.9 Å². The largest absolute Gasteiger partial charge is 0.329 e. The molecule has 0 aromatic heterocycles. The lowest BCUT2D eigenvalue weighted by molar-refractivity contribution is 0.164. The van der Waals surface area contributed by atoms with E-state index in [1.807, 2.05) is 0 Å². The fourth-order valence-electron chi connectivity index (χ4n) is 6.65. The van der Waals surface area contributed by atoms with E-state index in [0.29, 0.717) is 52.4 Å². The first-order chi connectivity index (χ1) is 28.5. The van der Waals surface area contributed by atoms with Gasteiger partial charge in [0.25, 0.3) is 0 Å². The summed E-state index contributed by atoms with van der Waals surface area (Å²) in [5, 5.41) is 21.2. The Morgan fingerprint density at radius 1 is 0.172 bits per heavy atom. The van der Waals surface area contributed by atoms with Crippen molar-refractivity contribution in [1.82, 2.24) is 61.3 Å². The van der Waals surface area contributed by atoms with Gasteiger partial charge in [-0.05, 0) is 0 Å². The van der Waals surface area contributed by atoms with E-state index in [1.165, 1.54) is 0 Å². The Bertz CT molecular complexity index is 780. The van der Waals surface area contributed by atoms with Gasteiger partial charge in [-0.3, -0.25) is 29.4 Å². The number of nitrogens with one attached hydrogen (secondary N) is 6. The van der Waals surface area contributed by atoms with Crippen LogP contribution in [-0.4, -0.2) is 278 Å². The molecule has 0 aromatic rings. The normalized spacial score (nSPS) is 12.3. The molecule has 0 amide bonds. The van der Waals surface area contributed by atoms with Crippen LogP contribution in [0.15, 0.2) is 0 Å². The van der Waals surface area contributed by atoms with E-state index < -0.39 is 0 Å². The predicted molar refractivity (Wildman–Crippen MR) is 248 cm³/mol. The second kappa shape index (κ2) is 45.7. The molecular weight excluding hydrogens is 737 g/mol. The second-order valence-electron chi connectivity index (χ2n) is 14.9. The Kier molecular flexibility index (Phi) is 45.1. The maximum absolute atomic E-state index is 6.07. The molecule has 0 spiro atoms. The molecule has 0 unspecified atom stereocenters. The standard InChI is InChI=1S/C38H98N20/c39-1-9-47-12-14-50-17-27-57(35-32-54(23-6-44)24-7-45)29-20-52-19-28-56(26-16-49-11-3-41)36-38-58(30-18-51-15-13-48-10-2-40)37-34-55(25-8-46)33-31-53(21-4-42)22-5-43/h47-52H,1-46H2. The molecule has 58 heavy (non-hydrogen) atoms. The highest BCUT2D eigenvalue weighted by Gasteiger charge is 2.14. The van der Waals surface area contributed by atoms with E-state index in [-0.39, 0.29) is 0 Å². The van der Waals surface area contributed by atoms with E-state index in [2.05, 4.69) is 61.3 Å². The van der Waals surface area contributed by atoms with Crippen LogP contribution >= 0.6 is 0 Å². The fourth-order valence-corrected chi connectivity index (χ4v) is 6.65. The van der Waals surface area contributed by atoms with Gasteiger partial charge in [0, 0.05) is 249 Å². The van der Waals surface area contributed by atoms with Gasteiger partial charge in [0.05, 0.1) is 0 Å². The highest BCUT2D eigenvalue weighted by atomic mass is 15.3. The van der Waals surface area contributed by atoms with Gasteiger partial charge >= 0.3 is 0 Å². The molecule has 0 heterocycles. The lowest BCUT2D eigenvalue weighted by atomic mass is 10.3. The van der Waals surface area contributed by atoms with Crippen LogP contribution < -0.4 is 77.8 Å². The summed E-state index contributed by atoms with van der Waals surface area (Å²) in [6.45, 7) is 33.2. The summed E-state index contributed by atoms with van der Waals surface area (Å²) in [5.41, 5.74) is 46.6. The van der Waals surface area contributed by atoms with Gasteiger partial charge in [-0.2, -0.15) is 0 Å². The molecule has 0 saturated heterocycles. The van der Waals surface area contributed by atoms with Crippen molar-refractivity contribution < 1.29 is 0 Å². The molecule has 0 atom stereocenters. The average Bonchev–Trinajstić information content (AvgIpc) is 3.22. The van der Waals surface area contributed by atoms with Crippen molar-refractivity contribution in [1.29, 1.82) is 0 Å². The van der Waals surface area contributed by atoms with E-state index >= 15 is 0 Å². The molecule has 0 aliphatic heterocycles. The SMILES string of the molecule is NCCNCCNCCN(CCNCCN(CCNCCN)CCN(CCNCCNCCN)CCN(CCN)CCN(CCN)CCN)CCN(CCN)CCN. The van der Waals surface area contributed by atoms with Crippen molar-refractivity contribution in [2.75, 3.05) is 249 Å². The molecule has 0 radical (unpaired) electrons. The van der Waals surface area contributed by atoms with Gasteiger partial charge in [-0.15, -0.1) is 0 Å². The molecule has 20 nitrogen and oxygen atoms in total. The molecule has 0 aromatic carbocycles. The van der Waals surface area contributed by atoms with Crippen molar-refractivity contribution >= 4 is 0 Å². The maximum atomic E-state index is 6.07. The van der Waals surface area contributed by atoms with Gasteiger partial charge < -0.3 is 77.8 Å². The Balaban J connectivity index is 5.35. The summed E-state index contributed by atoms with van der Waals surface area (Å²) in [4.78, 5) is 15.0. The Morgan fingerprint density at radius 3 is 0.586 bits per heavy atom. The van der Waals surface area contributed by atoms with Gasteiger partial charge in [0.1, 0.15) is 0 Å². The summed E-state index contributed by atoms with van der Waals surface area (Å²) < 4.78 is 0. The quantitative estimate of drug-likeness (QED) is 0.0253. The van der Waals surface area contributed by atoms with Crippen LogP contribution in [0.4, 0.5) is 0 Å². The van der Waals surface area contributed by atoms with Gasteiger partial charge in [0.2, 0.25) is 0 Å². The number of nitrogens with two attached hydrogens (primary N) is 8. The van der Waals surface area contributed by atoms with Crippen LogP contribution in [0.5, 0.6) is 0 Å². The summed E-state index contributed by atoms with van der Waals surface area (Å²) in [6, 6.07) is 0. The maximum Gasteiger partial charge on any atom is 0.0110 e. The zero-order valence-electron chi connectivity index (χ0n) is 37.2. The van der Waals surface area contributed by atoms with E-state index in [1.54, 1.807) is 0 Å². The van der Waals surface area contributed by atoms with Gasteiger partial charge in [0.15, 0.2) is 0 Å². The zero-order chi connectivity index (χ0) is 42.6. The summed E-state index contributed by atoms with van der Waals surface area (Å²) in [7, 11) is 0. The lowest BCUT2D eigenvalue weighted by Gasteiger charge is -2.31. The summed E-state index contributed by atoms with van der Waals surface area (Å²) >= 11 is 0. The molecule has 0 aliphatic carbocycles. The molecule has 0 saturated carbocycles. The minimum Gasteiger partial charge on any atom is -0.329 e. The Labute approximate surface area is 355 Å². The smallest absolute Gasteiger partial charge is 0.0110 e. The molecular formula is C38H98N20. The molecule has 22 N–H and O–H groups in total. The lowest BCUT2D eigenvalue weighted by Crippen LogP contribution is -2.47. The first kappa shape index (κ1) is 57.2. The second-order valence-corrected chi connectivity index (χ2v) is 14.9. The number of rotatable bonds is 49.